The zero-order valence-corrected chi connectivity index (χ0v) is 23.3. The third-order valence-corrected chi connectivity index (χ3v) is 8.03. The van der Waals surface area contributed by atoms with Crippen LogP contribution in [0, 0.1) is 5.92 Å². The van der Waals surface area contributed by atoms with Crippen LogP contribution < -0.4 is 20.1 Å². The second-order valence-electron chi connectivity index (χ2n) is 10.6. The van der Waals surface area contributed by atoms with Gasteiger partial charge in [0, 0.05) is 49.2 Å². The quantitative estimate of drug-likeness (QED) is 0.342. The van der Waals surface area contributed by atoms with E-state index in [1.807, 2.05) is 58.3 Å². The molecule has 1 saturated heterocycles. The predicted octanol–water partition coefficient (Wildman–Crippen LogP) is 3.60. The molecule has 5 rings (SSSR count). The Balaban J connectivity index is 1.44. The van der Waals surface area contributed by atoms with Crippen molar-refractivity contribution >= 4 is 17.6 Å². The fraction of sp³-hybridized carbons (Fsp3) is 0.419. The molecule has 216 valence electrons. The minimum atomic E-state index is -0.881. The zero-order valence-electron chi connectivity index (χ0n) is 23.3. The van der Waals surface area contributed by atoms with E-state index >= 15 is 0 Å². The maximum atomic E-state index is 13.9. The second-order valence-corrected chi connectivity index (χ2v) is 10.6. The molecule has 10 nitrogen and oxygen atoms in total. The Morgan fingerprint density at radius 1 is 1.15 bits per heavy atom. The number of anilines is 1. The maximum absolute atomic E-state index is 13.9. The fourth-order valence-corrected chi connectivity index (χ4v) is 5.92. The van der Waals surface area contributed by atoms with Crippen LogP contribution >= 0.6 is 0 Å². The first-order valence-corrected chi connectivity index (χ1v) is 14.2. The normalized spacial score (nSPS) is 19.8. The highest BCUT2D eigenvalue weighted by Crippen LogP contribution is 2.43. The number of aromatic nitrogens is 2. The van der Waals surface area contributed by atoms with Crippen molar-refractivity contribution < 1.29 is 24.2 Å². The first-order chi connectivity index (χ1) is 20.0. The number of likely N-dealkylation sites (tertiary alicyclic amines) is 1. The average Bonchev–Trinajstić information content (AvgIpc) is 3.61. The first kappa shape index (κ1) is 28.5. The molecule has 3 heterocycles. The van der Waals surface area contributed by atoms with Crippen molar-refractivity contribution in [3.05, 3.63) is 77.9 Å². The van der Waals surface area contributed by atoms with Gasteiger partial charge in [0.1, 0.15) is 6.33 Å². The van der Waals surface area contributed by atoms with Crippen LogP contribution in [0.15, 0.2) is 61.1 Å². The summed E-state index contributed by atoms with van der Waals surface area (Å²) < 4.78 is 11.1. The zero-order chi connectivity index (χ0) is 28.8. The van der Waals surface area contributed by atoms with Gasteiger partial charge in [-0.15, -0.1) is 0 Å². The van der Waals surface area contributed by atoms with E-state index in [0.29, 0.717) is 44.0 Å². The number of carboxylic acids is 1. The van der Waals surface area contributed by atoms with Gasteiger partial charge in [0.25, 0.3) is 0 Å². The van der Waals surface area contributed by atoms with Crippen LogP contribution in [-0.2, 0) is 22.6 Å². The van der Waals surface area contributed by atoms with Gasteiger partial charge in [0.15, 0.2) is 11.5 Å². The van der Waals surface area contributed by atoms with Gasteiger partial charge in [-0.2, -0.15) is 0 Å². The molecule has 10 heteroatoms. The van der Waals surface area contributed by atoms with Crippen molar-refractivity contribution in [2.75, 3.05) is 31.3 Å². The van der Waals surface area contributed by atoms with Crippen LogP contribution in [0.5, 0.6) is 11.5 Å². The number of nitrogens with zero attached hydrogens (tertiary/aromatic N) is 4. The third-order valence-electron chi connectivity index (χ3n) is 8.03. The molecule has 2 aliphatic heterocycles. The van der Waals surface area contributed by atoms with E-state index in [4.69, 9.17) is 15.2 Å². The number of aryl methyl sites for hydroxylation is 1. The summed E-state index contributed by atoms with van der Waals surface area (Å²) in [7, 11) is 0. The number of fused-ring (bicyclic) bond motifs is 1. The topological polar surface area (TPSA) is 131 Å². The van der Waals surface area contributed by atoms with Crippen LogP contribution in [0.2, 0.25) is 0 Å². The molecule has 0 aliphatic carbocycles. The fourth-order valence-electron chi connectivity index (χ4n) is 5.92. The largest absolute Gasteiger partial charge is 0.481 e. The van der Waals surface area contributed by atoms with E-state index < -0.39 is 11.9 Å². The summed E-state index contributed by atoms with van der Waals surface area (Å²) in [5, 5.41) is 10.5. The Bertz CT molecular complexity index is 1350. The molecule has 0 spiro atoms. The molecule has 0 unspecified atom stereocenters. The number of ether oxygens (including phenoxy) is 2. The minimum absolute atomic E-state index is 0.0601. The Morgan fingerprint density at radius 3 is 2.76 bits per heavy atom. The number of aliphatic carboxylic acids is 1. The van der Waals surface area contributed by atoms with Gasteiger partial charge in [0.05, 0.1) is 12.5 Å². The summed E-state index contributed by atoms with van der Waals surface area (Å²) in [5.74, 6) is -0.713. The summed E-state index contributed by atoms with van der Waals surface area (Å²) >= 11 is 0. The van der Waals surface area contributed by atoms with Gasteiger partial charge in [-0.3, -0.25) is 14.5 Å². The number of carboxylic acid groups (broad SMARTS) is 1. The molecule has 1 aromatic heterocycles. The van der Waals surface area contributed by atoms with Crippen LogP contribution in [0.3, 0.4) is 0 Å². The Hall–Kier alpha value is -4.02. The smallest absolute Gasteiger partial charge is 0.308 e. The molecular weight excluding hydrogens is 522 g/mol. The van der Waals surface area contributed by atoms with Crippen molar-refractivity contribution in [3.63, 3.8) is 0 Å². The SMILES string of the molecule is CCCCN(C(=O)CN1C[C@H](c2ccc3c(c2)OCO3)[C@@H](C(=O)O)[C@@H]1CCc1ccncn1)c1cccc(CN)c1. The van der Waals surface area contributed by atoms with Crippen molar-refractivity contribution in [2.24, 2.45) is 11.7 Å². The summed E-state index contributed by atoms with van der Waals surface area (Å²) in [6.07, 6.45) is 6.10. The number of unbranched alkanes of at least 4 members (excludes halogenated alkanes) is 1. The first-order valence-electron chi connectivity index (χ1n) is 14.2. The van der Waals surface area contributed by atoms with Crippen molar-refractivity contribution in [3.8, 4) is 11.5 Å². The molecule has 0 saturated carbocycles. The molecule has 2 aromatic carbocycles. The molecule has 3 atom stereocenters. The number of hydrogen-bond donors (Lipinski definition) is 2. The number of rotatable bonds is 12. The van der Waals surface area contributed by atoms with Crippen molar-refractivity contribution in [1.82, 2.24) is 14.9 Å². The second kappa shape index (κ2) is 13.1. The van der Waals surface area contributed by atoms with Crippen molar-refractivity contribution in [1.29, 1.82) is 0 Å². The van der Waals surface area contributed by atoms with E-state index in [-0.39, 0.29) is 31.2 Å². The average molecular weight is 560 g/mol. The van der Waals surface area contributed by atoms with E-state index in [2.05, 4.69) is 16.9 Å². The molecule has 0 bridgehead atoms. The van der Waals surface area contributed by atoms with Gasteiger partial charge in [-0.25, -0.2) is 9.97 Å². The van der Waals surface area contributed by atoms with Gasteiger partial charge >= 0.3 is 5.97 Å². The maximum Gasteiger partial charge on any atom is 0.308 e. The van der Waals surface area contributed by atoms with Crippen LogP contribution in [-0.4, -0.2) is 64.3 Å². The minimum Gasteiger partial charge on any atom is -0.481 e. The lowest BCUT2D eigenvalue weighted by molar-refractivity contribution is -0.143. The van der Waals surface area contributed by atoms with Gasteiger partial charge in [-0.1, -0.05) is 31.5 Å². The number of carbonyl (C=O) groups is 2. The van der Waals surface area contributed by atoms with Crippen LogP contribution in [0.4, 0.5) is 5.69 Å². The molecule has 2 aliphatic rings. The Morgan fingerprint density at radius 2 is 2.00 bits per heavy atom. The molecule has 3 aromatic rings. The molecule has 41 heavy (non-hydrogen) atoms. The molecule has 1 amide bonds. The number of carbonyl (C=O) groups excluding carboxylic acids is 1. The summed E-state index contributed by atoms with van der Waals surface area (Å²) in [6, 6.07) is 14.8. The highest BCUT2D eigenvalue weighted by molar-refractivity contribution is 5.95. The van der Waals surface area contributed by atoms with E-state index in [0.717, 1.165) is 35.3 Å². The monoisotopic (exact) mass is 559 g/mol. The van der Waals surface area contributed by atoms with E-state index in [1.165, 1.54) is 6.33 Å². The van der Waals surface area contributed by atoms with Gasteiger partial charge in [0.2, 0.25) is 12.7 Å². The van der Waals surface area contributed by atoms with Gasteiger partial charge < -0.3 is 25.2 Å². The number of nitrogens with two attached hydrogens (primary N) is 1. The molecular formula is C31H37N5O5. The van der Waals surface area contributed by atoms with Gasteiger partial charge in [-0.05, 0) is 60.7 Å². The Labute approximate surface area is 240 Å². The van der Waals surface area contributed by atoms with E-state index in [1.54, 1.807) is 6.20 Å². The van der Waals surface area contributed by atoms with Crippen LogP contribution in [0.1, 0.15) is 48.9 Å². The molecule has 0 radical (unpaired) electrons. The summed E-state index contributed by atoms with van der Waals surface area (Å²) in [6.45, 7) is 3.75. The highest BCUT2D eigenvalue weighted by Gasteiger charge is 2.47. The summed E-state index contributed by atoms with van der Waals surface area (Å²) in [4.78, 5) is 39.0. The van der Waals surface area contributed by atoms with Crippen LogP contribution in [0.25, 0.3) is 0 Å². The Kier molecular flexibility index (Phi) is 9.11. The third kappa shape index (κ3) is 6.49. The lowest BCUT2D eigenvalue weighted by Crippen LogP contribution is -2.44. The molecule has 3 N–H and O–H groups in total. The lowest BCUT2D eigenvalue weighted by atomic mass is 9.83. The number of benzene rings is 2. The molecule has 1 fully saturated rings. The standard InChI is InChI=1S/C31H37N5O5/c1-2-3-13-36(24-6-4-5-21(14-24)16-32)29(37)18-35-17-25(22-7-10-27-28(15-22)41-20-40-27)30(31(38)39)26(35)9-8-23-11-12-33-19-34-23/h4-7,10-12,14-15,19,25-26,30H,2-3,8-9,13,16-18,20,32H2,1H3,(H,38,39)/t25-,26+,30-/m1/s1. The van der Waals surface area contributed by atoms with E-state index in [9.17, 15) is 14.7 Å². The highest BCUT2D eigenvalue weighted by atomic mass is 16.7. The lowest BCUT2D eigenvalue weighted by Gasteiger charge is -2.30. The number of amides is 1. The number of hydrogen-bond acceptors (Lipinski definition) is 8. The summed E-state index contributed by atoms with van der Waals surface area (Å²) in [5.41, 5.74) is 9.35. The van der Waals surface area contributed by atoms with Crippen molar-refractivity contribution in [2.45, 2.75) is 51.1 Å². The predicted molar refractivity (Wildman–Crippen MR) is 154 cm³/mol.